The Morgan fingerprint density at radius 1 is 1.24 bits per heavy atom. The molecule has 0 amide bonds. The number of halogens is 1. The quantitative estimate of drug-likeness (QED) is 0.301. The molecule has 1 atom stereocenters. The van der Waals surface area contributed by atoms with Crippen molar-refractivity contribution >= 4 is 25.2 Å². The lowest BCUT2D eigenvalue weighted by atomic mass is 10.2. The smallest absolute Gasteiger partial charge is 0.370 e. The van der Waals surface area contributed by atoms with E-state index < -0.39 is 19.4 Å². The van der Waals surface area contributed by atoms with Gasteiger partial charge in [0.15, 0.2) is 5.85 Å². The number of benzene rings is 1. The maximum absolute atomic E-state index is 12.5. The van der Waals surface area contributed by atoms with Gasteiger partial charge in [0.1, 0.15) is 5.75 Å². The highest BCUT2D eigenvalue weighted by molar-refractivity contribution is 7.54. The first-order valence-corrected chi connectivity index (χ1v) is 10.3. The standard InChI is InChI=1S/C17H26ClO6P/c1-5-22-25(20,23-6-2)14(4)24-17(19)8-7-11-21-15-9-10-16(18)13(3)12-15/h9-10,12,14H,5-8,11H2,1-4H3. The van der Waals surface area contributed by atoms with Crippen molar-refractivity contribution in [3.63, 3.8) is 0 Å². The fourth-order valence-corrected chi connectivity index (χ4v) is 3.61. The van der Waals surface area contributed by atoms with Gasteiger partial charge in [-0.15, -0.1) is 0 Å². The van der Waals surface area contributed by atoms with Crippen molar-refractivity contribution in [2.75, 3.05) is 19.8 Å². The lowest BCUT2D eigenvalue weighted by molar-refractivity contribution is -0.146. The van der Waals surface area contributed by atoms with E-state index in [1.54, 1.807) is 26.0 Å². The largest absolute Gasteiger partial charge is 0.494 e. The number of ether oxygens (including phenoxy) is 2. The number of rotatable bonds is 11. The predicted molar refractivity (Wildman–Crippen MR) is 97.3 cm³/mol. The second-order valence-electron chi connectivity index (χ2n) is 5.33. The number of esters is 1. The number of aryl methyl sites for hydroxylation is 1. The van der Waals surface area contributed by atoms with Gasteiger partial charge in [-0.1, -0.05) is 11.6 Å². The van der Waals surface area contributed by atoms with Crippen LogP contribution in [0.1, 0.15) is 39.2 Å². The number of carbonyl (C=O) groups is 1. The van der Waals surface area contributed by atoms with E-state index in [9.17, 15) is 9.36 Å². The van der Waals surface area contributed by atoms with Crippen LogP contribution in [0.25, 0.3) is 0 Å². The minimum Gasteiger partial charge on any atom is -0.494 e. The number of hydrogen-bond donors (Lipinski definition) is 0. The molecular formula is C17H26ClO6P. The summed E-state index contributed by atoms with van der Waals surface area (Å²) in [5.41, 5.74) is 0.926. The van der Waals surface area contributed by atoms with Crippen LogP contribution in [-0.2, 0) is 23.1 Å². The molecule has 0 fully saturated rings. The first-order valence-electron chi connectivity index (χ1n) is 8.29. The van der Waals surface area contributed by atoms with Gasteiger partial charge in [0.2, 0.25) is 0 Å². The van der Waals surface area contributed by atoms with Gasteiger partial charge in [0.25, 0.3) is 0 Å². The number of carbonyl (C=O) groups excluding carboxylic acids is 1. The van der Waals surface area contributed by atoms with Crippen LogP contribution in [0.2, 0.25) is 5.02 Å². The minimum absolute atomic E-state index is 0.148. The molecule has 0 spiro atoms. The Morgan fingerprint density at radius 3 is 2.44 bits per heavy atom. The molecule has 0 bridgehead atoms. The minimum atomic E-state index is -3.45. The second kappa shape index (κ2) is 10.8. The molecule has 6 nitrogen and oxygen atoms in total. The second-order valence-corrected chi connectivity index (χ2v) is 8.06. The third-order valence-electron chi connectivity index (χ3n) is 3.29. The molecule has 1 aromatic rings. The fourth-order valence-electron chi connectivity index (χ4n) is 2.03. The lowest BCUT2D eigenvalue weighted by Gasteiger charge is -2.23. The van der Waals surface area contributed by atoms with E-state index in [1.165, 1.54) is 6.92 Å². The predicted octanol–water partition coefficient (Wildman–Crippen LogP) is 4.96. The summed E-state index contributed by atoms with van der Waals surface area (Å²) in [7, 11) is -3.45. The van der Waals surface area contributed by atoms with Gasteiger partial charge in [-0.05, 0) is 57.9 Å². The van der Waals surface area contributed by atoms with Crippen molar-refractivity contribution in [1.82, 2.24) is 0 Å². The molecule has 8 heteroatoms. The topological polar surface area (TPSA) is 71.1 Å². The Labute approximate surface area is 154 Å². The lowest BCUT2D eigenvalue weighted by Crippen LogP contribution is -2.18. The molecule has 0 heterocycles. The van der Waals surface area contributed by atoms with Crippen molar-refractivity contribution in [3.05, 3.63) is 28.8 Å². The summed E-state index contributed by atoms with van der Waals surface area (Å²) >= 11 is 5.95. The Hall–Kier alpha value is -1.07. The van der Waals surface area contributed by atoms with E-state index >= 15 is 0 Å². The zero-order chi connectivity index (χ0) is 18.9. The summed E-state index contributed by atoms with van der Waals surface area (Å²) in [6.45, 7) is 7.60. The zero-order valence-electron chi connectivity index (χ0n) is 15.1. The first-order chi connectivity index (χ1) is 11.8. The van der Waals surface area contributed by atoms with Crippen molar-refractivity contribution in [2.45, 2.75) is 46.4 Å². The molecule has 0 saturated heterocycles. The Bertz CT molecular complexity index is 597. The van der Waals surface area contributed by atoms with Gasteiger partial charge < -0.3 is 18.5 Å². The van der Waals surface area contributed by atoms with Crippen LogP contribution in [0.5, 0.6) is 5.75 Å². The molecule has 25 heavy (non-hydrogen) atoms. The SMILES string of the molecule is CCOP(=O)(OCC)C(C)OC(=O)CCCOc1ccc(Cl)c(C)c1. The van der Waals surface area contributed by atoms with Crippen LogP contribution in [-0.4, -0.2) is 31.6 Å². The van der Waals surface area contributed by atoms with Crippen LogP contribution >= 0.6 is 19.2 Å². The molecule has 0 N–H and O–H groups in total. The van der Waals surface area contributed by atoms with Gasteiger partial charge in [0.05, 0.1) is 19.8 Å². The average molecular weight is 393 g/mol. The normalized spacial score (nSPS) is 12.7. The monoisotopic (exact) mass is 392 g/mol. The Morgan fingerprint density at radius 2 is 1.88 bits per heavy atom. The van der Waals surface area contributed by atoms with Crippen LogP contribution in [0, 0.1) is 6.92 Å². The highest BCUT2D eigenvalue weighted by Crippen LogP contribution is 2.53. The summed E-state index contributed by atoms with van der Waals surface area (Å²) in [6.07, 6.45) is 0.621. The molecule has 0 aliphatic carbocycles. The molecule has 0 aromatic heterocycles. The van der Waals surface area contributed by atoms with E-state index in [0.717, 1.165) is 5.56 Å². The summed E-state index contributed by atoms with van der Waals surface area (Å²) in [5.74, 6) is -0.719. The molecule has 1 aromatic carbocycles. The summed E-state index contributed by atoms with van der Waals surface area (Å²) in [4.78, 5) is 11.9. The highest BCUT2D eigenvalue weighted by atomic mass is 35.5. The van der Waals surface area contributed by atoms with Gasteiger partial charge in [-0.2, -0.15) is 0 Å². The maximum Gasteiger partial charge on any atom is 0.370 e. The molecule has 0 aliphatic heterocycles. The van der Waals surface area contributed by atoms with E-state index in [4.69, 9.17) is 30.1 Å². The van der Waals surface area contributed by atoms with Crippen LogP contribution in [0.15, 0.2) is 18.2 Å². The zero-order valence-corrected chi connectivity index (χ0v) is 16.8. The molecule has 0 saturated carbocycles. The first kappa shape index (κ1) is 22.0. The molecule has 142 valence electrons. The number of hydrogen-bond acceptors (Lipinski definition) is 6. The van der Waals surface area contributed by atoms with Gasteiger partial charge >= 0.3 is 13.6 Å². The van der Waals surface area contributed by atoms with E-state index in [0.29, 0.717) is 23.8 Å². The van der Waals surface area contributed by atoms with Crippen molar-refractivity contribution < 1.29 is 27.9 Å². The van der Waals surface area contributed by atoms with E-state index in [1.807, 2.05) is 13.0 Å². The third kappa shape index (κ3) is 7.37. The highest BCUT2D eigenvalue weighted by Gasteiger charge is 2.34. The van der Waals surface area contributed by atoms with Crippen molar-refractivity contribution in [1.29, 1.82) is 0 Å². The molecule has 1 rings (SSSR count). The Balaban J connectivity index is 2.38. The summed E-state index contributed by atoms with van der Waals surface area (Å²) < 4.78 is 33.5. The molecule has 0 radical (unpaired) electrons. The molecular weight excluding hydrogens is 367 g/mol. The van der Waals surface area contributed by atoms with E-state index in [-0.39, 0.29) is 19.6 Å². The summed E-state index contributed by atoms with van der Waals surface area (Å²) in [5, 5.41) is 0.679. The van der Waals surface area contributed by atoms with Gasteiger partial charge in [-0.3, -0.25) is 9.36 Å². The molecule has 1 unspecified atom stereocenters. The van der Waals surface area contributed by atoms with Crippen molar-refractivity contribution in [3.8, 4) is 5.75 Å². The molecule has 0 aliphatic rings. The fraction of sp³-hybridized carbons (Fsp3) is 0.588. The maximum atomic E-state index is 12.5. The Kier molecular flexibility index (Phi) is 9.51. The van der Waals surface area contributed by atoms with Crippen LogP contribution < -0.4 is 4.74 Å². The van der Waals surface area contributed by atoms with Gasteiger partial charge in [0, 0.05) is 11.4 Å². The van der Waals surface area contributed by atoms with Gasteiger partial charge in [-0.25, -0.2) is 0 Å². The average Bonchev–Trinajstić information content (AvgIpc) is 2.55. The van der Waals surface area contributed by atoms with Crippen molar-refractivity contribution in [2.24, 2.45) is 0 Å². The van der Waals surface area contributed by atoms with Crippen LogP contribution in [0.4, 0.5) is 0 Å². The summed E-state index contributed by atoms with van der Waals surface area (Å²) in [6, 6.07) is 5.38. The van der Waals surface area contributed by atoms with Crippen LogP contribution in [0.3, 0.4) is 0 Å². The third-order valence-corrected chi connectivity index (χ3v) is 5.95. The van der Waals surface area contributed by atoms with E-state index in [2.05, 4.69) is 0 Å².